The number of piperidine rings is 3. The van der Waals surface area contributed by atoms with E-state index >= 15 is 0 Å². The molecule has 1 aromatic carbocycles. The molecule has 3 aliphatic rings. The van der Waals surface area contributed by atoms with Crippen LogP contribution in [-0.2, 0) is 5.41 Å². The fourth-order valence-electron chi connectivity index (χ4n) is 3.31. The summed E-state index contributed by atoms with van der Waals surface area (Å²) < 4.78 is 0. The van der Waals surface area contributed by atoms with Crippen molar-refractivity contribution in [3.63, 3.8) is 0 Å². The summed E-state index contributed by atoms with van der Waals surface area (Å²) in [4.78, 5) is 13.3. The summed E-state index contributed by atoms with van der Waals surface area (Å²) in [6.07, 6.45) is 3.78. The standard InChI is InChI=1S/C14H19N3O/c15-13(18)16-12-3-1-11(2-4-12)14-5-8-17(9-6-14)10-7-14/h1-4H,5-10H2,(H3,15,16,18). The molecule has 0 unspecified atom stereocenters. The van der Waals surface area contributed by atoms with Crippen LogP contribution >= 0.6 is 0 Å². The molecular formula is C14H19N3O. The Kier molecular flexibility index (Phi) is 2.74. The van der Waals surface area contributed by atoms with Crippen molar-refractivity contribution in [3.05, 3.63) is 29.8 Å². The molecule has 0 spiro atoms. The number of fused-ring (bicyclic) bond motifs is 3. The third kappa shape index (κ3) is 1.97. The topological polar surface area (TPSA) is 58.4 Å². The van der Waals surface area contributed by atoms with E-state index in [1.807, 2.05) is 12.1 Å². The summed E-state index contributed by atoms with van der Waals surface area (Å²) >= 11 is 0. The molecule has 3 saturated heterocycles. The fourth-order valence-corrected chi connectivity index (χ4v) is 3.31. The first-order valence-corrected chi connectivity index (χ1v) is 6.57. The molecule has 0 radical (unpaired) electrons. The molecule has 4 nitrogen and oxygen atoms in total. The Morgan fingerprint density at radius 1 is 1.11 bits per heavy atom. The van der Waals surface area contributed by atoms with E-state index < -0.39 is 6.03 Å². The maximum absolute atomic E-state index is 10.8. The molecule has 0 aliphatic carbocycles. The zero-order valence-electron chi connectivity index (χ0n) is 10.5. The highest BCUT2D eigenvalue weighted by molar-refractivity contribution is 5.87. The number of carbonyl (C=O) groups is 1. The summed E-state index contributed by atoms with van der Waals surface area (Å²) in [6.45, 7) is 3.67. The lowest BCUT2D eigenvalue weighted by atomic mass is 9.67. The Morgan fingerprint density at radius 3 is 2.17 bits per heavy atom. The molecule has 0 saturated carbocycles. The normalized spacial score (nSPS) is 30.1. The third-order valence-electron chi connectivity index (χ3n) is 4.48. The monoisotopic (exact) mass is 245 g/mol. The Balaban J connectivity index is 1.81. The van der Waals surface area contributed by atoms with E-state index in [1.54, 1.807) is 0 Å². The lowest BCUT2D eigenvalue weighted by Crippen LogP contribution is -2.50. The van der Waals surface area contributed by atoms with Crippen molar-refractivity contribution < 1.29 is 4.79 Å². The van der Waals surface area contributed by atoms with E-state index in [2.05, 4.69) is 22.3 Å². The van der Waals surface area contributed by atoms with Crippen LogP contribution in [0.25, 0.3) is 0 Å². The Labute approximate surface area is 107 Å². The lowest BCUT2D eigenvalue weighted by molar-refractivity contribution is 0.0818. The van der Waals surface area contributed by atoms with Gasteiger partial charge in [0.25, 0.3) is 0 Å². The Bertz CT molecular complexity index is 433. The van der Waals surface area contributed by atoms with Gasteiger partial charge in [0.1, 0.15) is 0 Å². The van der Waals surface area contributed by atoms with Crippen molar-refractivity contribution in [2.45, 2.75) is 24.7 Å². The second kappa shape index (κ2) is 4.28. The zero-order chi connectivity index (χ0) is 12.6. The second-order valence-electron chi connectivity index (χ2n) is 5.44. The van der Waals surface area contributed by atoms with Crippen molar-refractivity contribution in [3.8, 4) is 0 Å². The van der Waals surface area contributed by atoms with Gasteiger partial charge in [-0.2, -0.15) is 0 Å². The van der Waals surface area contributed by atoms with E-state index in [0.29, 0.717) is 5.41 Å². The molecular weight excluding hydrogens is 226 g/mol. The predicted molar refractivity (Wildman–Crippen MR) is 71.6 cm³/mol. The number of nitrogens with one attached hydrogen (secondary N) is 1. The molecule has 3 fully saturated rings. The van der Waals surface area contributed by atoms with Crippen molar-refractivity contribution in [2.24, 2.45) is 5.73 Å². The van der Waals surface area contributed by atoms with Gasteiger partial charge in [-0.3, -0.25) is 0 Å². The third-order valence-corrected chi connectivity index (χ3v) is 4.48. The number of hydrogen-bond acceptors (Lipinski definition) is 2. The minimum Gasteiger partial charge on any atom is -0.351 e. The highest BCUT2D eigenvalue weighted by Gasteiger charge is 2.40. The maximum atomic E-state index is 10.8. The number of amides is 2. The van der Waals surface area contributed by atoms with Gasteiger partial charge in [-0.05, 0) is 62.0 Å². The molecule has 4 heteroatoms. The van der Waals surface area contributed by atoms with Crippen molar-refractivity contribution in [1.82, 2.24) is 4.90 Å². The van der Waals surface area contributed by atoms with Crippen LogP contribution in [-0.4, -0.2) is 30.6 Å². The van der Waals surface area contributed by atoms with Crippen LogP contribution in [0.5, 0.6) is 0 Å². The maximum Gasteiger partial charge on any atom is 0.316 e. The van der Waals surface area contributed by atoms with Gasteiger partial charge in [0.05, 0.1) is 0 Å². The van der Waals surface area contributed by atoms with E-state index in [9.17, 15) is 4.79 Å². The smallest absolute Gasteiger partial charge is 0.316 e. The Hall–Kier alpha value is -1.55. The largest absolute Gasteiger partial charge is 0.351 e. The number of urea groups is 1. The first-order chi connectivity index (χ1) is 8.68. The molecule has 1 aromatic rings. The van der Waals surface area contributed by atoms with Crippen LogP contribution < -0.4 is 11.1 Å². The molecule has 3 heterocycles. The van der Waals surface area contributed by atoms with Crippen LogP contribution in [0, 0.1) is 0 Å². The number of anilines is 1. The quantitative estimate of drug-likeness (QED) is 0.836. The number of nitrogens with zero attached hydrogens (tertiary/aromatic N) is 1. The predicted octanol–water partition coefficient (Wildman–Crippen LogP) is 1.91. The highest BCUT2D eigenvalue weighted by Crippen LogP contribution is 2.42. The molecule has 4 rings (SSSR count). The molecule has 0 aromatic heterocycles. The van der Waals surface area contributed by atoms with Gasteiger partial charge in [0.15, 0.2) is 0 Å². The van der Waals surface area contributed by atoms with E-state index in [0.717, 1.165) is 5.69 Å². The average molecular weight is 245 g/mol. The molecule has 2 amide bonds. The van der Waals surface area contributed by atoms with Gasteiger partial charge < -0.3 is 16.0 Å². The van der Waals surface area contributed by atoms with Crippen LogP contribution in [0.3, 0.4) is 0 Å². The van der Waals surface area contributed by atoms with Gasteiger partial charge in [-0.25, -0.2) is 4.79 Å². The first-order valence-electron chi connectivity index (χ1n) is 6.57. The van der Waals surface area contributed by atoms with Gasteiger partial charge >= 0.3 is 6.03 Å². The fraction of sp³-hybridized carbons (Fsp3) is 0.500. The molecule has 2 bridgehead atoms. The van der Waals surface area contributed by atoms with Gasteiger partial charge in [0, 0.05) is 5.69 Å². The number of primary amides is 1. The zero-order valence-corrected chi connectivity index (χ0v) is 10.5. The lowest BCUT2D eigenvalue weighted by Gasteiger charge is -2.48. The van der Waals surface area contributed by atoms with Crippen LogP contribution in [0.2, 0.25) is 0 Å². The molecule has 0 atom stereocenters. The number of carbonyl (C=O) groups excluding carboxylic acids is 1. The number of nitrogens with two attached hydrogens (primary N) is 1. The van der Waals surface area contributed by atoms with Crippen LogP contribution in [0.4, 0.5) is 10.5 Å². The number of rotatable bonds is 2. The summed E-state index contributed by atoms with van der Waals surface area (Å²) in [7, 11) is 0. The minimum absolute atomic E-state index is 0.375. The summed E-state index contributed by atoms with van der Waals surface area (Å²) in [6, 6.07) is 7.69. The SMILES string of the molecule is NC(=O)Nc1ccc(C23CCN(CC2)CC3)cc1. The summed E-state index contributed by atoms with van der Waals surface area (Å²) in [5.74, 6) is 0. The summed E-state index contributed by atoms with van der Waals surface area (Å²) in [5, 5.41) is 2.61. The molecule has 96 valence electrons. The molecule has 3 N–H and O–H groups in total. The molecule has 18 heavy (non-hydrogen) atoms. The van der Waals surface area contributed by atoms with Gasteiger partial charge in [-0.1, -0.05) is 12.1 Å². The van der Waals surface area contributed by atoms with Gasteiger partial charge in [0.2, 0.25) is 0 Å². The minimum atomic E-state index is -0.508. The second-order valence-corrected chi connectivity index (χ2v) is 5.44. The molecule has 3 aliphatic heterocycles. The van der Waals surface area contributed by atoms with E-state index in [4.69, 9.17) is 5.73 Å². The van der Waals surface area contributed by atoms with Crippen molar-refractivity contribution in [1.29, 1.82) is 0 Å². The Morgan fingerprint density at radius 2 is 1.67 bits per heavy atom. The van der Waals surface area contributed by atoms with Gasteiger partial charge in [-0.15, -0.1) is 0 Å². The average Bonchev–Trinajstić information content (AvgIpc) is 2.41. The number of hydrogen-bond donors (Lipinski definition) is 2. The van der Waals surface area contributed by atoms with E-state index in [-0.39, 0.29) is 0 Å². The first kappa shape index (κ1) is 11.5. The van der Waals surface area contributed by atoms with Crippen molar-refractivity contribution >= 4 is 11.7 Å². The van der Waals surface area contributed by atoms with Crippen LogP contribution in [0.15, 0.2) is 24.3 Å². The van der Waals surface area contributed by atoms with Crippen LogP contribution in [0.1, 0.15) is 24.8 Å². The van der Waals surface area contributed by atoms with Crippen molar-refractivity contribution in [2.75, 3.05) is 25.0 Å². The van der Waals surface area contributed by atoms with E-state index in [1.165, 1.54) is 44.5 Å². The highest BCUT2D eigenvalue weighted by atomic mass is 16.2. The summed E-state index contributed by atoms with van der Waals surface area (Å²) in [5.41, 5.74) is 7.67. The number of benzene rings is 1.